The summed E-state index contributed by atoms with van der Waals surface area (Å²) in [6.07, 6.45) is 1.03. The third-order valence-electron chi connectivity index (χ3n) is 5.22. The molecule has 0 spiro atoms. The van der Waals surface area contributed by atoms with Crippen LogP contribution in [0, 0.1) is 6.92 Å². The van der Waals surface area contributed by atoms with E-state index in [4.69, 9.17) is 0 Å². The maximum absolute atomic E-state index is 12.6. The van der Waals surface area contributed by atoms with Gasteiger partial charge in [0.25, 0.3) is 0 Å². The summed E-state index contributed by atoms with van der Waals surface area (Å²) < 4.78 is 15.9. The van der Waals surface area contributed by atoms with Crippen LogP contribution in [0.5, 0.6) is 0 Å². The van der Waals surface area contributed by atoms with E-state index in [1.807, 2.05) is 37.3 Å². The Bertz CT molecular complexity index is 940. The monoisotopic (exact) mass is 390 g/mol. The predicted octanol–water partition coefficient (Wildman–Crippen LogP) is 4.55. The highest BCUT2D eigenvalue weighted by Crippen LogP contribution is 2.21. The molecule has 1 aliphatic rings. The summed E-state index contributed by atoms with van der Waals surface area (Å²) in [6, 6.07) is 27.5. The molecule has 144 valence electrons. The number of nitrogens with one attached hydrogen (secondary N) is 1. The van der Waals surface area contributed by atoms with Gasteiger partial charge < -0.3 is 0 Å². The zero-order chi connectivity index (χ0) is 19.3. The number of nitrogens with zero attached hydrogens (tertiary/aromatic N) is 1. The van der Waals surface area contributed by atoms with Crippen LogP contribution in [0.4, 0.5) is 0 Å². The number of aryl methyl sites for hydroxylation is 1. The second-order valence-electron chi connectivity index (χ2n) is 7.49. The molecule has 3 aromatic rings. The van der Waals surface area contributed by atoms with Crippen molar-refractivity contribution in [1.29, 1.82) is 0 Å². The molecule has 0 aromatic heterocycles. The van der Waals surface area contributed by atoms with E-state index in [-0.39, 0.29) is 6.04 Å². The maximum atomic E-state index is 12.6. The van der Waals surface area contributed by atoms with Crippen molar-refractivity contribution in [2.75, 3.05) is 13.1 Å². The Morgan fingerprint density at radius 3 is 2.46 bits per heavy atom. The van der Waals surface area contributed by atoms with Crippen molar-refractivity contribution < 1.29 is 4.21 Å². The molecule has 3 aromatic carbocycles. The van der Waals surface area contributed by atoms with Gasteiger partial charge in [-0.05, 0) is 47.7 Å². The number of likely N-dealkylation sites (tertiary alicyclic amines) is 1. The van der Waals surface area contributed by atoms with Gasteiger partial charge in [0.05, 0.1) is 4.90 Å². The SMILES string of the molecule is Cc1cccc(S(=O)N[C@@H]2CCN(Cc3ccc(-c4ccccc4)cc3)C2)c1. The number of benzene rings is 3. The van der Waals surface area contributed by atoms with Gasteiger partial charge in [0.15, 0.2) is 0 Å². The smallest absolute Gasteiger partial charge is 0.125 e. The minimum atomic E-state index is -1.15. The lowest BCUT2D eigenvalue weighted by atomic mass is 10.0. The quantitative estimate of drug-likeness (QED) is 0.670. The molecule has 0 radical (unpaired) electrons. The fourth-order valence-corrected chi connectivity index (χ4v) is 4.84. The van der Waals surface area contributed by atoms with Crippen LogP contribution in [0.25, 0.3) is 11.1 Å². The second-order valence-corrected chi connectivity index (χ2v) is 8.73. The van der Waals surface area contributed by atoms with Gasteiger partial charge in [-0.15, -0.1) is 0 Å². The Labute approximate surface area is 170 Å². The normalized spacial score (nSPS) is 18.2. The Morgan fingerprint density at radius 2 is 1.71 bits per heavy atom. The van der Waals surface area contributed by atoms with Gasteiger partial charge in [-0.3, -0.25) is 4.90 Å². The van der Waals surface area contributed by atoms with E-state index in [0.29, 0.717) is 0 Å². The first kappa shape index (κ1) is 19.1. The van der Waals surface area contributed by atoms with Gasteiger partial charge >= 0.3 is 0 Å². The van der Waals surface area contributed by atoms with Crippen LogP contribution in [0.1, 0.15) is 17.5 Å². The Morgan fingerprint density at radius 1 is 0.964 bits per heavy atom. The molecule has 1 saturated heterocycles. The van der Waals surface area contributed by atoms with E-state index in [2.05, 4.69) is 58.2 Å². The fourth-order valence-electron chi connectivity index (χ4n) is 3.71. The van der Waals surface area contributed by atoms with E-state index >= 15 is 0 Å². The summed E-state index contributed by atoms with van der Waals surface area (Å²) in [5, 5.41) is 0. The number of rotatable bonds is 6. The lowest BCUT2D eigenvalue weighted by Crippen LogP contribution is -2.33. The molecule has 0 saturated carbocycles. The van der Waals surface area contributed by atoms with Crippen molar-refractivity contribution >= 4 is 11.0 Å². The zero-order valence-electron chi connectivity index (χ0n) is 16.2. The van der Waals surface area contributed by atoms with Gasteiger partial charge in [-0.1, -0.05) is 66.7 Å². The lowest BCUT2D eigenvalue weighted by molar-refractivity contribution is 0.325. The Hall–Kier alpha value is -2.27. The maximum Gasteiger partial charge on any atom is 0.125 e. The average Bonchev–Trinajstić information content (AvgIpc) is 3.16. The summed E-state index contributed by atoms with van der Waals surface area (Å²) in [5.74, 6) is 0. The van der Waals surface area contributed by atoms with E-state index < -0.39 is 11.0 Å². The number of hydrogen-bond acceptors (Lipinski definition) is 2. The third kappa shape index (κ3) is 4.76. The Kier molecular flexibility index (Phi) is 6.01. The molecular formula is C24H26N2OS. The molecule has 28 heavy (non-hydrogen) atoms. The first-order valence-corrected chi connectivity index (χ1v) is 10.9. The van der Waals surface area contributed by atoms with Crippen molar-refractivity contribution in [3.8, 4) is 11.1 Å². The van der Waals surface area contributed by atoms with Crippen LogP contribution < -0.4 is 4.72 Å². The fraction of sp³-hybridized carbons (Fsp3) is 0.250. The average molecular weight is 391 g/mol. The molecule has 0 bridgehead atoms. The van der Waals surface area contributed by atoms with Crippen molar-refractivity contribution in [3.05, 3.63) is 90.0 Å². The first-order valence-electron chi connectivity index (χ1n) is 9.79. The van der Waals surface area contributed by atoms with Gasteiger partial charge in [0.2, 0.25) is 0 Å². The van der Waals surface area contributed by atoms with Crippen molar-refractivity contribution in [1.82, 2.24) is 9.62 Å². The summed E-state index contributed by atoms with van der Waals surface area (Å²) >= 11 is 0. The van der Waals surface area contributed by atoms with Gasteiger partial charge in [-0.25, -0.2) is 8.93 Å². The minimum absolute atomic E-state index is 0.268. The van der Waals surface area contributed by atoms with Crippen LogP contribution in [0.3, 0.4) is 0 Å². The summed E-state index contributed by atoms with van der Waals surface area (Å²) in [6.45, 7) is 4.92. The van der Waals surface area contributed by atoms with Crippen molar-refractivity contribution in [2.24, 2.45) is 0 Å². The molecule has 1 unspecified atom stereocenters. The van der Waals surface area contributed by atoms with Gasteiger partial charge in [0, 0.05) is 25.7 Å². The molecule has 0 aliphatic carbocycles. The van der Waals surface area contributed by atoms with Crippen LogP contribution in [0.2, 0.25) is 0 Å². The van der Waals surface area contributed by atoms with Gasteiger partial charge in [-0.2, -0.15) is 0 Å². The first-order chi connectivity index (χ1) is 13.7. The van der Waals surface area contributed by atoms with Crippen LogP contribution >= 0.6 is 0 Å². The van der Waals surface area contributed by atoms with Crippen LogP contribution in [-0.2, 0) is 17.5 Å². The second kappa shape index (κ2) is 8.82. The molecule has 2 atom stereocenters. The molecule has 4 heteroatoms. The van der Waals surface area contributed by atoms with Gasteiger partial charge in [0.1, 0.15) is 11.0 Å². The Balaban J connectivity index is 1.31. The van der Waals surface area contributed by atoms with Crippen molar-refractivity contribution in [3.63, 3.8) is 0 Å². The van der Waals surface area contributed by atoms with E-state index in [9.17, 15) is 4.21 Å². The highest BCUT2D eigenvalue weighted by atomic mass is 32.2. The van der Waals surface area contributed by atoms with Crippen LogP contribution in [0.15, 0.2) is 83.8 Å². The topological polar surface area (TPSA) is 32.3 Å². The largest absolute Gasteiger partial charge is 0.297 e. The molecule has 3 nitrogen and oxygen atoms in total. The highest BCUT2D eigenvalue weighted by molar-refractivity contribution is 7.83. The standard InChI is InChI=1S/C24H26N2OS/c1-19-6-5-9-24(16-19)28(27)25-23-14-15-26(18-23)17-20-10-12-22(13-11-20)21-7-3-2-4-8-21/h2-13,16,23,25H,14-15,17-18H2,1H3/t23-,28?/m1/s1. The molecule has 1 heterocycles. The summed E-state index contributed by atoms with van der Waals surface area (Å²) in [5.41, 5.74) is 4.96. The predicted molar refractivity (Wildman–Crippen MR) is 116 cm³/mol. The van der Waals surface area contributed by atoms with E-state index in [1.165, 1.54) is 16.7 Å². The minimum Gasteiger partial charge on any atom is -0.297 e. The third-order valence-corrected chi connectivity index (χ3v) is 6.45. The molecule has 1 aliphatic heterocycles. The summed E-state index contributed by atoms with van der Waals surface area (Å²) in [7, 11) is -1.15. The van der Waals surface area contributed by atoms with E-state index in [0.717, 1.165) is 36.5 Å². The van der Waals surface area contributed by atoms with E-state index in [1.54, 1.807) is 0 Å². The number of hydrogen-bond donors (Lipinski definition) is 1. The molecule has 1 fully saturated rings. The molecule has 1 N–H and O–H groups in total. The van der Waals surface area contributed by atoms with Crippen molar-refractivity contribution in [2.45, 2.75) is 30.8 Å². The van der Waals surface area contributed by atoms with Crippen LogP contribution in [-0.4, -0.2) is 28.2 Å². The highest BCUT2D eigenvalue weighted by Gasteiger charge is 2.24. The molecule has 4 rings (SSSR count). The molecular weight excluding hydrogens is 364 g/mol. The zero-order valence-corrected chi connectivity index (χ0v) is 17.0. The summed E-state index contributed by atoms with van der Waals surface area (Å²) in [4.78, 5) is 3.29. The lowest BCUT2D eigenvalue weighted by Gasteiger charge is -2.17. The molecule has 0 amide bonds.